The maximum Gasteiger partial charge on any atom is 0.263 e. The second kappa shape index (κ2) is 8.61. The van der Waals surface area contributed by atoms with E-state index in [4.69, 9.17) is 4.98 Å². The Hall–Kier alpha value is -2.82. The molecule has 10 heteroatoms. The largest absolute Gasteiger partial charge is 0.340 e. The molecule has 3 heterocycles. The number of fused-ring (bicyclic) bond motifs is 2. The molecule has 0 bridgehead atoms. The van der Waals surface area contributed by atoms with Gasteiger partial charge >= 0.3 is 0 Å². The summed E-state index contributed by atoms with van der Waals surface area (Å²) in [5, 5.41) is 1.10. The standard InChI is InChI=1S/C22H23N5O3S2/c28-21(9-10-23-22-16-5-1-4-8-19(16)32(29,30)25-22)27-13-11-26(12-14-27)15-20-24-17-6-2-3-7-18(17)31-20/h1-8H,9-15H2,(H,23,25). The molecule has 1 fully saturated rings. The number of benzene rings is 2. The van der Waals surface area contributed by atoms with Crippen LogP contribution in [0.3, 0.4) is 0 Å². The van der Waals surface area contributed by atoms with Crippen LogP contribution < -0.4 is 4.72 Å². The summed E-state index contributed by atoms with van der Waals surface area (Å²) in [6.07, 6.45) is 0.255. The van der Waals surface area contributed by atoms with E-state index in [1.165, 1.54) is 4.70 Å². The van der Waals surface area contributed by atoms with Crippen LogP contribution in [0.25, 0.3) is 10.2 Å². The van der Waals surface area contributed by atoms with E-state index in [1.807, 2.05) is 23.1 Å². The van der Waals surface area contributed by atoms with Crippen molar-refractivity contribution in [1.29, 1.82) is 0 Å². The number of amidine groups is 1. The zero-order valence-corrected chi connectivity index (χ0v) is 19.0. The SMILES string of the molecule is O=C(CCN=C1NS(=O)(=O)c2ccccc21)N1CCN(Cc2nc3ccccc3s2)CC1. The maximum absolute atomic E-state index is 12.6. The minimum absolute atomic E-state index is 0.0446. The van der Waals surface area contributed by atoms with Gasteiger partial charge in [-0.2, -0.15) is 0 Å². The lowest BCUT2D eigenvalue weighted by atomic mass is 10.2. The average molecular weight is 470 g/mol. The smallest absolute Gasteiger partial charge is 0.263 e. The monoisotopic (exact) mass is 469 g/mol. The Morgan fingerprint density at radius 2 is 1.81 bits per heavy atom. The van der Waals surface area contributed by atoms with Gasteiger partial charge in [0.1, 0.15) is 10.8 Å². The van der Waals surface area contributed by atoms with Crippen molar-refractivity contribution in [1.82, 2.24) is 19.5 Å². The van der Waals surface area contributed by atoms with Gasteiger partial charge in [-0.1, -0.05) is 24.3 Å². The van der Waals surface area contributed by atoms with Crippen molar-refractivity contribution < 1.29 is 13.2 Å². The highest BCUT2D eigenvalue weighted by atomic mass is 32.2. The molecule has 1 saturated heterocycles. The maximum atomic E-state index is 12.6. The van der Waals surface area contributed by atoms with Crippen LogP contribution in [0.4, 0.5) is 0 Å². The number of piperazine rings is 1. The molecule has 2 aliphatic heterocycles. The Balaban J connectivity index is 1.12. The van der Waals surface area contributed by atoms with Gasteiger partial charge in [0, 0.05) is 38.2 Å². The summed E-state index contributed by atoms with van der Waals surface area (Å²) < 4.78 is 28.0. The number of sulfonamides is 1. The molecule has 5 rings (SSSR count). The van der Waals surface area contributed by atoms with Crippen molar-refractivity contribution in [2.75, 3.05) is 32.7 Å². The lowest BCUT2D eigenvalue weighted by Gasteiger charge is -2.34. The first kappa shape index (κ1) is 21.0. The molecule has 1 aromatic heterocycles. The van der Waals surface area contributed by atoms with Gasteiger partial charge in [0.25, 0.3) is 10.0 Å². The summed E-state index contributed by atoms with van der Waals surface area (Å²) >= 11 is 1.72. The van der Waals surface area contributed by atoms with Crippen LogP contribution in [0.5, 0.6) is 0 Å². The molecule has 166 valence electrons. The molecule has 8 nitrogen and oxygen atoms in total. The van der Waals surface area contributed by atoms with Crippen LogP contribution in [-0.2, 0) is 21.4 Å². The normalized spacial score (nSPS) is 19.2. The van der Waals surface area contributed by atoms with Crippen molar-refractivity contribution in [3.8, 4) is 0 Å². The molecule has 0 radical (unpaired) electrons. The Bertz CT molecular complexity index is 1260. The molecule has 0 saturated carbocycles. The fraction of sp³-hybridized carbons (Fsp3) is 0.318. The second-order valence-corrected chi connectivity index (χ2v) is 10.6. The van der Waals surface area contributed by atoms with Crippen LogP contribution >= 0.6 is 11.3 Å². The molecule has 3 aromatic rings. The van der Waals surface area contributed by atoms with E-state index in [1.54, 1.807) is 35.6 Å². The van der Waals surface area contributed by atoms with Crippen molar-refractivity contribution in [3.05, 3.63) is 59.1 Å². The Kier molecular flexibility index (Phi) is 5.66. The molecule has 0 aliphatic carbocycles. The van der Waals surface area contributed by atoms with Crippen LogP contribution in [0.15, 0.2) is 58.4 Å². The van der Waals surface area contributed by atoms with Gasteiger partial charge in [-0.25, -0.2) is 13.4 Å². The zero-order valence-electron chi connectivity index (χ0n) is 17.4. The number of hydrogen-bond acceptors (Lipinski definition) is 7. The van der Waals surface area contributed by atoms with Gasteiger partial charge in [0.15, 0.2) is 0 Å². The molecule has 1 N–H and O–H groups in total. The number of carbonyl (C=O) groups is 1. The van der Waals surface area contributed by atoms with Gasteiger partial charge in [-0.15, -0.1) is 11.3 Å². The van der Waals surface area contributed by atoms with Crippen molar-refractivity contribution in [2.45, 2.75) is 17.9 Å². The van der Waals surface area contributed by atoms with E-state index in [-0.39, 0.29) is 23.8 Å². The molecule has 32 heavy (non-hydrogen) atoms. The fourth-order valence-corrected chi connectivity index (χ4v) is 6.27. The average Bonchev–Trinajstić information content (AvgIpc) is 3.32. The van der Waals surface area contributed by atoms with Crippen LogP contribution in [-0.4, -0.2) is 67.7 Å². The third-order valence-electron chi connectivity index (χ3n) is 5.68. The Morgan fingerprint density at radius 1 is 1.06 bits per heavy atom. The first-order valence-electron chi connectivity index (χ1n) is 10.5. The number of nitrogens with zero attached hydrogens (tertiary/aromatic N) is 4. The highest BCUT2D eigenvalue weighted by Gasteiger charge is 2.30. The van der Waals surface area contributed by atoms with Gasteiger partial charge in [-0.05, 0) is 24.3 Å². The van der Waals surface area contributed by atoms with Crippen molar-refractivity contribution in [3.63, 3.8) is 0 Å². The molecule has 2 aromatic carbocycles. The number of aliphatic imine (C=N–C) groups is 1. The van der Waals surface area contributed by atoms with E-state index in [9.17, 15) is 13.2 Å². The molecular weight excluding hydrogens is 446 g/mol. The summed E-state index contributed by atoms with van der Waals surface area (Å²) in [4.78, 5) is 26.1. The highest BCUT2D eigenvalue weighted by molar-refractivity contribution is 7.90. The number of rotatable bonds is 5. The van der Waals surface area contributed by atoms with Crippen molar-refractivity contribution in [2.24, 2.45) is 4.99 Å². The van der Waals surface area contributed by atoms with Crippen molar-refractivity contribution >= 4 is 43.3 Å². The molecule has 2 aliphatic rings. The molecular formula is C22H23N5O3S2. The number of hydrogen-bond donors (Lipinski definition) is 1. The minimum Gasteiger partial charge on any atom is -0.340 e. The van der Waals surface area contributed by atoms with E-state index in [2.05, 4.69) is 20.7 Å². The fourth-order valence-electron chi connectivity index (χ4n) is 4.01. The van der Waals surface area contributed by atoms with Gasteiger partial charge in [0.05, 0.1) is 28.2 Å². The Morgan fingerprint density at radius 3 is 2.62 bits per heavy atom. The van der Waals surface area contributed by atoms with Crippen LogP contribution in [0.2, 0.25) is 0 Å². The van der Waals surface area contributed by atoms with Crippen LogP contribution in [0.1, 0.15) is 17.0 Å². The summed E-state index contributed by atoms with van der Waals surface area (Å²) in [5.74, 6) is 0.359. The first-order chi connectivity index (χ1) is 15.5. The van der Waals surface area contributed by atoms with E-state index in [0.717, 1.165) is 30.2 Å². The number of para-hydroxylation sites is 1. The summed E-state index contributed by atoms with van der Waals surface area (Å²) in [5.41, 5.74) is 1.60. The predicted molar refractivity (Wildman–Crippen MR) is 124 cm³/mol. The molecule has 0 spiro atoms. The highest BCUT2D eigenvalue weighted by Crippen LogP contribution is 2.24. The topological polar surface area (TPSA) is 95.0 Å². The molecule has 1 amide bonds. The third kappa shape index (κ3) is 4.25. The van der Waals surface area contributed by atoms with E-state index in [0.29, 0.717) is 24.5 Å². The van der Waals surface area contributed by atoms with E-state index >= 15 is 0 Å². The van der Waals surface area contributed by atoms with Gasteiger partial charge in [-0.3, -0.25) is 19.4 Å². The second-order valence-electron chi connectivity index (χ2n) is 7.81. The molecule has 0 atom stereocenters. The summed E-state index contributed by atoms with van der Waals surface area (Å²) in [7, 11) is -3.55. The minimum atomic E-state index is -3.55. The third-order valence-corrected chi connectivity index (χ3v) is 8.10. The Labute approximate surface area is 190 Å². The first-order valence-corrected chi connectivity index (χ1v) is 12.8. The molecule has 0 unspecified atom stereocenters. The number of thiazole rings is 1. The number of carbonyl (C=O) groups excluding carboxylic acids is 1. The van der Waals surface area contributed by atoms with E-state index < -0.39 is 10.0 Å². The number of nitrogens with one attached hydrogen (secondary N) is 1. The van der Waals surface area contributed by atoms with Gasteiger partial charge < -0.3 is 4.90 Å². The predicted octanol–water partition coefficient (Wildman–Crippen LogP) is 2.07. The number of aromatic nitrogens is 1. The lowest BCUT2D eigenvalue weighted by molar-refractivity contribution is -0.132. The lowest BCUT2D eigenvalue weighted by Crippen LogP contribution is -2.48. The number of amides is 1. The summed E-state index contributed by atoms with van der Waals surface area (Å²) in [6.45, 7) is 4.02. The quantitative estimate of drug-likeness (QED) is 0.617. The van der Waals surface area contributed by atoms with Crippen LogP contribution in [0, 0.1) is 0 Å². The summed E-state index contributed by atoms with van der Waals surface area (Å²) in [6, 6.07) is 14.9. The van der Waals surface area contributed by atoms with Gasteiger partial charge in [0.2, 0.25) is 5.91 Å². The zero-order chi connectivity index (χ0) is 22.1.